The SMILES string of the molecule is COc1cc(N(CCNC(=O)C2CC2)C(C)=O)cc(OC)c1OC. The van der Waals surface area contributed by atoms with Crippen molar-refractivity contribution in [2.24, 2.45) is 5.92 Å². The van der Waals surface area contributed by atoms with Gasteiger partial charge in [0.15, 0.2) is 11.5 Å². The second-order valence-corrected chi connectivity index (χ2v) is 5.62. The van der Waals surface area contributed by atoms with E-state index in [2.05, 4.69) is 5.32 Å². The van der Waals surface area contributed by atoms with Crippen LogP contribution in [0.15, 0.2) is 12.1 Å². The molecule has 2 rings (SSSR count). The molecular formula is C17H24N2O5. The van der Waals surface area contributed by atoms with Crippen LogP contribution in [0.3, 0.4) is 0 Å². The summed E-state index contributed by atoms with van der Waals surface area (Å²) in [7, 11) is 4.57. The molecule has 0 saturated heterocycles. The van der Waals surface area contributed by atoms with Crippen LogP contribution in [0.2, 0.25) is 0 Å². The lowest BCUT2D eigenvalue weighted by molar-refractivity contribution is -0.122. The van der Waals surface area contributed by atoms with Gasteiger partial charge in [0.2, 0.25) is 17.6 Å². The predicted molar refractivity (Wildman–Crippen MR) is 89.9 cm³/mol. The van der Waals surface area contributed by atoms with E-state index >= 15 is 0 Å². The molecule has 0 bridgehead atoms. The maximum atomic E-state index is 12.0. The van der Waals surface area contributed by atoms with Crippen LogP contribution < -0.4 is 24.4 Å². The van der Waals surface area contributed by atoms with Gasteiger partial charge >= 0.3 is 0 Å². The fraction of sp³-hybridized carbons (Fsp3) is 0.529. The number of amides is 2. The first-order valence-electron chi connectivity index (χ1n) is 7.87. The van der Waals surface area contributed by atoms with Crippen molar-refractivity contribution in [3.63, 3.8) is 0 Å². The maximum Gasteiger partial charge on any atom is 0.223 e. The Balaban J connectivity index is 2.16. The molecule has 1 aliphatic rings. The lowest BCUT2D eigenvalue weighted by atomic mass is 10.2. The van der Waals surface area contributed by atoms with Crippen molar-refractivity contribution in [2.75, 3.05) is 39.3 Å². The molecule has 0 aliphatic heterocycles. The molecule has 24 heavy (non-hydrogen) atoms. The van der Waals surface area contributed by atoms with Crippen LogP contribution in [-0.4, -0.2) is 46.2 Å². The fourth-order valence-corrected chi connectivity index (χ4v) is 2.47. The summed E-state index contributed by atoms with van der Waals surface area (Å²) in [6.07, 6.45) is 1.91. The minimum absolute atomic E-state index is 0.0587. The summed E-state index contributed by atoms with van der Waals surface area (Å²) >= 11 is 0. The third-order valence-corrected chi connectivity index (χ3v) is 3.92. The van der Waals surface area contributed by atoms with Crippen LogP contribution in [0.25, 0.3) is 0 Å². The first kappa shape index (κ1) is 17.9. The number of carbonyl (C=O) groups excluding carboxylic acids is 2. The molecule has 7 nitrogen and oxygen atoms in total. The van der Waals surface area contributed by atoms with Crippen LogP contribution in [0.4, 0.5) is 5.69 Å². The third-order valence-electron chi connectivity index (χ3n) is 3.92. The van der Waals surface area contributed by atoms with E-state index in [1.54, 1.807) is 17.0 Å². The average molecular weight is 336 g/mol. The average Bonchev–Trinajstić information content (AvgIpc) is 3.41. The van der Waals surface area contributed by atoms with Gasteiger partial charge in [-0.3, -0.25) is 9.59 Å². The second-order valence-electron chi connectivity index (χ2n) is 5.62. The van der Waals surface area contributed by atoms with Crippen LogP contribution in [0, 0.1) is 5.92 Å². The number of nitrogens with one attached hydrogen (secondary N) is 1. The molecule has 0 aromatic heterocycles. The number of carbonyl (C=O) groups is 2. The Morgan fingerprint density at radius 2 is 1.71 bits per heavy atom. The first-order valence-corrected chi connectivity index (χ1v) is 7.87. The standard InChI is InChI=1S/C17H24N2O5/c1-11(20)19(8-7-18-17(21)12-5-6-12)13-9-14(22-2)16(24-4)15(10-13)23-3/h9-10,12H,5-8H2,1-4H3,(H,18,21). The fourth-order valence-electron chi connectivity index (χ4n) is 2.47. The van der Waals surface area contributed by atoms with Crippen molar-refractivity contribution < 1.29 is 23.8 Å². The van der Waals surface area contributed by atoms with Crippen molar-refractivity contribution in [1.82, 2.24) is 5.32 Å². The van der Waals surface area contributed by atoms with E-state index in [4.69, 9.17) is 14.2 Å². The van der Waals surface area contributed by atoms with E-state index in [1.807, 2.05) is 0 Å². The van der Waals surface area contributed by atoms with Crippen LogP contribution in [-0.2, 0) is 9.59 Å². The van der Waals surface area contributed by atoms with Gasteiger partial charge in [-0.05, 0) is 12.8 Å². The number of rotatable bonds is 8. The Labute approximate surface area is 141 Å². The monoisotopic (exact) mass is 336 g/mol. The molecule has 7 heteroatoms. The lowest BCUT2D eigenvalue weighted by Gasteiger charge is -2.23. The first-order chi connectivity index (χ1) is 11.5. The zero-order chi connectivity index (χ0) is 17.7. The number of ether oxygens (including phenoxy) is 3. The van der Waals surface area contributed by atoms with Crippen LogP contribution >= 0.6 is 0 Å². The number of methoxy groups -OCH3 is 3. The minimum atomic E-state index is -0.134. The highest BCUT2D eigenvalue weighted by atomic mass is 16.5. The van der Waals surface area contributed by atoms with Crippen molar-refractivity contribution in [1.29, 1.82) is 0 Å². The molecule has 1 fully saturated rings. The van der Waals surface area contributed by atoms with Gasteiger partial charge < -0.3 is 24.4 Å². The molecule has 1 aliphatic carbocycles. The Morgan fingerprint density at radius 3 is 2.12 bits per heavy atom. The summed E-state index contributed by atoms with van der Waals surface area (Å²) in [5.41, 5.74) is 0.623. The highest BCUT2D eigenvalue weighted by Gasteiger charge is 2.29. The summed E-state index contributed by atoms with van der Waals surface area (Å²) in [4.78, 5) is 25.3. The zero-order valence-electron chi connectivity index (χ0n) is 14.5. The van der Waals surface area contributed by atoms with Crippen molar-refractivity contribution >= 4 is 17.5 Å². The van der Waals surface area contributed by atoms with E-state index < -0.39 is 0 Å². The highest BCUT2D eigenvalue weighted by Crippen LogP contribution is 2.41. The number of anilines is 1. The smallest absolute Gasteiger partial charge is 0.223 e. The van der Waals surface area contributed by atoms with E-state index in [1.165, 1.54) is 28.3 Å². The molecule has 1 saturated carbocycles. The molecule has 132 valence electrons. The summed E-state index contributed by atoms with van der Waals surface area (Å²) in [5.74, 6) is 1.49. The van der Waals surface area contributed by atoms with Crippen LogP contribution in [0.1, 0.15) is 19.8 Å². The van der Waals surface area contributed by atoms with Gasteiger partial charge in [0.25, 0.3) is 0 Å². The Hall–Kier alpha value is -2.44. The minimum Gasteiger partial charge on any atom is -0.493 e. The third kappa shape index (κ3) is 4.10. The van der Waals surface area contributed by atoms with Crippen molar-refractivity contribution in [2.45, 2.75) is 19.8 Å². The summed E-state index contributed by atoms with van der Waals surface area (Å²) < 4.78 is 15.9. The number of benzene rings is 1. The lowest BCUT2D eigenvalue weighted by Crippen LogP contribution is -2.38. The predicted octanol–water partition coefficient (Wildman–Crippen LogP) is 1.59. The highest BCUT2D eigenvalue weighted by molar-refractivity contribution is 5.92. The Morgan fingerprint density at radius 1 is 1.12 bits per heavy atom. The molecule has 1 N–H and O–H groups in total. The van der Waals surface area contributed by atoms with Crippen molar-refractivity contribution in [3.05, 3.63) is 12.1 Å². The Bertz CT molecular complexity index is 588. The maximum absolute atomic E-state index is 12.0. The number of nitrogens with zero attached hydrogens (tertiary/aromatic N) is 1. The zero-order valence-corrected chi connectivity index (χ0v) is 14.5. The molecule has 0 heterocycles. The molecule has 2 amide bonds. The molecular weight excluding hydrogens is 312 g/mol. The van der Waals surface area contributed by atoms with Gasteiger partial charge in [-0.15, -0.1) is 0 Å². The Kier molecular flexibility index (Phi) is 5.89. The molecule has 0 radical (unpaired) electrons. The summed E-state index contributed by atoms with van der Waals surface area (Å²) in [6.45, 7) is 2.24. The summed E-state index contributed by atoms with van der Waals surface area (Å²) in [6, 6.07) is 3.43. The van der Waals surface area contributed by atoms with E-state index in [0.29, 0.717) is 36.0 Å². The molecule has 0 spiro atoms. The van der Waals surface area contributed by atoms with Crippen LogP contribution in [0.5, 0.6) is 17.2 Å². The van der Waals surface area contributed by atoms with E-state index in [-0.39, 0.29) is 17.7 Å². The van der Waals surface area contributed by atoms with Gasteiger partial charge in [0.1, 0.15) is 0 Å². The topological polar surface area (TPSA) is 77.1 Å². The largest absolute Gasteiger partial charge is 0.493 e. The molecule has 1 aromatic carbocycles. The molecule has 0 atom stereocenters. The summed E-state index contributed by atoms with van der Waals surface area (Å²) in [5, 5.41) is 2.86. The van der Waals surface area contributed by atoms with Gasteiger partial charge in [0, 0.05) is 38.1 Å². The van der Waals surface area contributed by atoms with Gasteiger partial charge in [-0.2, -0.15) is 0 Å². The second kappa shape index (κ2) is 7.90. The number of hydrogen-bond acceptors (Lipinski definition) is 5. The van der Waals surface area contributed by atoms with Gasteiger partial charge in [0.05, 0.1) is 27.0 Å². The van der Waals surface area contributed by atoms with Crippen molar-refractivity contribution in [3.8, 4) is 17.2 Å². The van der Waals surface area contributed by atoms with Gasteiger partial charge in [-0.25, -0.2) is 0 Å². The quantitative estimate of drug-likeness (QED) is 0.780. The number of hydrogen-bond donors (Lipinski definition) is 1. The molecule has 0 unspecified atom stereocenters. The normalized spacial score (nSPS) is 13.2. The van der Waals surface area contributed by atoms with E-state index in [0.717, 1.165) is 12.8 Å². The van der Waals surface area contributed by atoms with E-state index in [9.17, 15) is 9.59 Å². The van der Waals surface area contributed by atoms with Gasteiger partial charge in [-0.1, -0.05) is 0 Å². The molecule has 1 aromatic rings.